The number of anilines is 2. The Morgan fingerprint density at radius 3 is 2.46 bits per heavy atom. The highest BCUT2D eigenvalue weighted by Gasteiger charge is 2.22. The van der Waals surface area contributed by atoms with Crippen molar-refractivity contribution in [2.45, 2.75) is 52.1 Å². The Hall–Kier alpha value is -3.06. The van der Waals surface area contributed by atoms with Gasteiger partial charge in [-0.15, -0.1) is 0 Å². The molecule has 0 radical (unpaired) electrons. The molecule has 1 aromatic heterocycles. The van der Waals surface area contributed by atoms with Crippen molar-refractivity contribution in [1.29, 1.82) is 0 Å². The second-order valence-electron chi connectivity index (χ2n) is 9.41. The van der Waals surface area contributed by atoms with Gasteiger partial charge in [0.05, 0.1) is 18.7 Å². The molecule has 2 N–H and O–H groups in total. The Morgan fingerprint density at radius 2 is 1.71 bits per heavy atom. The fourth-order valence-corrected chi connectivity index (χ4v) is 4.80. The van der Waals surface area contributed by atoms with E-state index >= 15 is 0 Å². The molecule has 0 unspecified atom stereocenters. The van der Waals surface area contributed by atoms with Crippen LogP contribution in [0.4, 0.5) is 11.8 Å². The fraction of sp³-hybridized carbons (Fsp3) is 0.500. The van der Waals surface area contributed by atoms with Gasteiger partial charge >= 0.3 is 0 Å². The van der Waals surface area contributed by atoms with Crippen LogP contribution in [0.3, 0.4) is 0 Å². The van der Waals surface area contributed by atoms with Crippen LogP contribution >= 0.6 is 0 Å². The van der Waals surface area contributed by atoms with Gasteiger partial charge in [-0.05, 0) is 70.2 Å². The molecule has 3 aromatic rings. The van der Waals surface area contributed by atoms with Crippen molar-refractivity contribution in [2.24, 2.45) is 5.92 Å². The number of nitrogens with one attached hydrogen (secondary N) is 2. The van der Waals surface area contributed by atoms with Crippen LogP contribution in [0.25, 0.3) is 10.9 Å². The summed E-state index contributed by atoms with van der Waals surface area (Å²) in [6, 6.07) is 14.7. The lowest BCUT2D eigenvalue weighted by Gasteiger charge is -2.29. The third kappa shape index (κ3) is 6.54. The van der Waals surface area contributed by atoms with E-state index in [1.165, 1.54) is 18.4 Å². The molecule has 1 fully saturated rings. The molecule has 0 bridgehead atoms. The van der Waals surface area contributed by atoms with Gasteiger partial charge in [0, 0.05) is 43.7 Å². The zero-order valence-electron chi connectivity index (χ0n) is 21.5. The summed E-state index contributed by atoms with van der Waals surface area (Å²) < 4.78 is 11.5. The van der Waals surface area contributed by atoms with Gasteiger partial charge in [-0.25, -0.2) is 4.98 Å². The van der Waals surface area contributed by atoms with Gasteiger partial charge in [-0.2, -0.15) is 4.98 Å². The predicted octanol–water partition coefficient (Wildman–Crippen LogP) is 5.25. The molecule has 1 aliphatic rings. The molecule has 0 aliphatic heterocycles. The average molecular weight is 478 g/mol. The molecule has 0 amide bonds. The number of ether oxygens (including phenoxy) is 2. The molecule has 1 saturated carbocycles. The minimum atomic E-state index is 0.415. The van der Waals surface area contributed by atoms with Crippen LogP contribution in [-0.2, 0) is 6.54 Å². The van der Waals surface area contributed by atoms with Crippen molar-refractivity contribution in [3.63, 3.8) is 0 Å². The van der Waals surface area contributed by atoms with Crippen molar-refractivity contribution in [3.05, 3.63) is 48.0 Å². The first-order valence-electron chi connectivity index (χ1n) is 12.9. The first-order valence-corrected chi connectivity index (χ1v) is 12.9. The number of hydrogen-bond donors (Lipinski definition) is 2. The van der Waals surface area contributed by atoms with Crippen LogP contribution in [0, 0.1) is 5.92 Å². The summed E-state index contributed by atoms with van der Waals surface area (Å²) in [5.41, 5.74) is 2.16. The zero-order valence-corrected chi connectivity index (χ0v) is 21.5. The summed E-state index contributed by atoms with van der Waals surface area (Å²) in [7, 11) is 4.06. The Kier molecular flexibility index (Phi) is 8.64. The van der Waals surface area contributed by atoms with Crippen molar-refractivity contribution in [3.8, 4) is 11.5 Å². The van der Waals surface area contributed by atoms with Crippen LogP contribution < -0.4 is 25.0 Å². The van der Waals surface area contributed by atoms with Crippen LogP contribution in [0.1, 0.15) is 45.1 Å². The molecule has 2 aromatic carbocycles. The van der Waals surface area contributed by atoms with Crippen LogP contribution in [-0.4, -0.2) is 49.9 Å². The van der Waals surface area contributed by atoms with E-state index in [1.807, 2.05) is 52.2 Å². The molecule has 35 heavy (non-hydrogen) atoms. The Labute approximate surface area is 209 Å². The molecular weight excluding hydrogens is 438 g/mol. The van der Waals surface area contributed by atoms with E-state index in [0.717, 1.165) is 60.1 Å². The van der Waals surface area contributed by atoms with E-state index in [4.69, 9.17) is 19.4 Å². The van der Waals surface area contributed by atoms with Crippen molar-refractivity contribution in [1.82, 2.24) is 15.3 Å². The van der Waals surface area contributed by atoms with Crippen LogP contribution in [0.2, 0.25) is 0 Å². The highest BCUT2D eigenvalue weighted by Crippen LogP contribution is 2.29. The van der Waals surface area contributed by atoms with E-state index in [1.54, 1.807) is 0 Å². The Morgan fingerprint density at radius 1 is 0.943 bits per heavy atom. The van der Waals surface area contributed by atoms with E-state index < -0.39 is 0 Å². The van der Waals surface area contributed by atoms with Gasteiger partial charge in [0.15, 0.2) is 0 Å². The zero-order chi connectivity index (χ0) is 24.6. The molecule has 0 atom stereocenters. The summed E-state index contributed by atoms with van der Waals surface area (Å²) in [5, 5.41) is 8.35. The number of hydrogen-bond acceptors (Lipinski definition) is 7. The normalized spacial score (nSPS) is 17.8. The summed E-state index contributed by atoms with van der Waals surface area (Å²) in [6.45, 7) is 7.14. The smallest absolute Gasteiger partial charge is 0.225 e. The number of para-hydroxylation sites is 1. The van der Waals surface area contributed by atoms with Crippen LogP contribution in [0.15, 0.2) is 42.5 Å². The first kappa shape index (κ1) is 25.0. The van der Waals surface area contributed by atoms with E-state index in [2.05, 4.69) is 33.7 Å². The molecule has 0 saturated heterocycles. The first-order chi connectivity index (χ1) is 17.1. The quantitative estimate of drug-likeness (QED) is 0.391. The molecule has 4 rings (SSSR count). The van der Waals surface area contributed by atoms with Gasteiger partial charge in [-0.3, -0.25) is 0 Å². The Bertz CT molecular complexity index is 1100. The van der Waals surface area contributed by atoms with E-state index in [-0.39, 0.29) is 0 Å². The minimum absolute atomic E-state index is 0.415. The molecule has 1 heterocycles. The summed E-state index contributed by atoms with van der Waals surface area (Å²) in [6.07, 6.45) is 4.65. The maximum Gasteiger partial charge on any atom is 0.225 e. The Balaban J connectivity index is 1.28. The van der Waals surface area contributed by atoms with Gasteiger partial charge in [0.2, 0.25) is 5.95 Å². The number of benzene rings is 2. The van der Waals surface area contributed by atoms with Gasteiger partial charge in [0.1, 0.15) is 17.3 Å². The lowest BCUT2D eigenvalue weighted by molar-refractivity contribution is 0.314. The van der Waals surface area contributed by atoms with E-state index in [9.17, 15) is 0 Å². The third-order valence-corrected chi connectivity index (χ3v) is 6.58. The standard InChI is InChI=1S/C28H39N5O2/c1-5-34-23-16-13-21(26(17-23)35-6-2)19-29-18-20-11-14-22(15-12-20)30-28-31-25-10-8-7-9-24(25)27(32-28)33(3)4/h7-10,13,16-17,20,22,29H,5-6,11-12,14-15,18-19H2,1-4H3,(H,30,31,32). The van der Waals surface area contributed by atoms with Gasteiger partial charge in [-0.1, -0.05) is 18.2 Å². The number of nitrogens with zero attached hydrogens (tertiary/aromatic N) is 3. The summed E-state index contributed by atoms with van der Waals surface area (Å²) in [5.74, 6) is 4.13. The number of rotatable bonds is 11. The topological polar surface area (TPSA) is 71.5 Å². The predicted molar refractivity (Wildman–Crippen MR) is 144 cm³/mol. The second-order valence-corrected chi connectivity index (χ2v) is 9.41. The second kappa shape index (κ2) is 12.1. The van der Waals surface area contributed by atoms with Gasteiger partial charge < -0.3 is 25.0 Å². The molecular formula is C28H39N5O2. The minimum Gasteiger partial charge on any atom is -0.494 e. The average Bonchev–Trinajstić information content (AvgIpc) is 2.86. The lowest BCUT2D eigenvalue weighted by Crippen LogP contribution is -2.31. The number of fused-ring (bicyclic) bond motifs is 1. The summed E-state index contributed by atoms with van der Waals surface area (Å²) >= 11 is 0. The maximum absolute atomic E-state index is 5.84. The fourth-order valence-electron chi connectivity index (χ4n) is 4.80. The lowest BCUT2D eigenvalue weighted by atomic mass is 9.86. The molecule has 0 spiro atoms. The largest absolute Gasteiger partial charge is 0.494 e. The SMILES string of the molecule is CCOc1ccc(CNCC2CCC(Nc3nc(N(C)C)c4ccccc4n3)CC2)c(OCC)c1. The molecule has 7 heteroatoms. The third-order valence-electron chi connectivity index (χ3n) is 6.58. The molecule has 7 nitrogen and oxygen atoms in total. The number of aromatic nitrogens is 2. The highest BCUT2D eigenvalue weighted by atomic mass is 16.5. The van der Waals surface area contributed by atoms with Gasteiger partial charge in [0.25, 0.3) is 0 Å². The van der Waals surface area contributed by atoms with Crippen LogP contribution in [0.5, 0.6) is 11.5 Å². The van der Waals surface area contributed by atoms with E-state index in [0.29, 0.717) is 25.2 Å². The monoisotopic (exact) mass is 477 g/mol. The molecule has 1 aliphatic carbocycles. The van der Waals surface area contributed by atoms with Crippen molar-refractivity contribution < 1.29 is 9.47 Å². The van der Waals surface area contributed by atoms with Crippen molar-refractivity contribution in [2.75, 3.05) is 44.1 Å². The van der Waals surface area contributed by atoms with Crippen molar-refractivity contribution >= 4 is 22.7 Å². The summed E-state index contributed by atoms with van der Waals surface area (Å²) in [4.78, 5) is 11.6. The maximum atomic E-state index is 5.84. The highest BCUT2D eigenvalue weighted by molar-refractivity contribution is 5.90. The molecule has 188 valence electrons.